The van der Waals surface area contributed by atoms with Gasteiger partial charge in [0, 0.05) is 24.5 Å². The highest BCUT2D eigenvalue weighted by Gasteiger charge is 1.88. The summed E-state index contributed by atoms with van der Waals surface area (Å²) in [5.74, 6) is -2.51. The summed E-state index contributed by atoms with van der Waals surface area (Å²) in [6.07, 6.45) is 4.39. The Hall–Kier alpha value is -2.24. The van der Waals surface area contributed by atoms with Gasteiger partial charge in [-0.1, -0.05) is 0 Å². The molecular formula is C8H8N2O4. The smallest absolute Gasteiger partial charge is 0.328 e. The van der Waals surface area contributed by atoms with E-state index in [1.807, 2.05) is 12.1 Å². The third-order valence-electron chi connectivity index (χ3n) is 0.852. The van der Waals surface area contributed by atoms with Crippen molar-refractivity contribution in [3.63, 3.8) is 0 Å². The molecule has 0 bridgehead atoms. The minimum absolute atomic E-state index is 0.558. The lowest BCUT2D eigenvalue weighted by molar-refractivity contribution is -0.134. The number of rotatable bonds is 2. The number of hydrogen-bond acceptors (Lipinski definition) is 4. The minimum Gasteiger partial charge on any atom is -0.478 e. The molecule has 0 spiro atoms. The van der Waals surface area contributed by atoms with Crippen molar-refractivity contribution in [2.45, 2.75) is 0 Å². The third kappa shape index (κ3) is 9.76. The van der Waals surface area contributed by atoms with E-state index >= 15 is 0 Å². The van der Waals surface area contributed by atoms with Gasteiger partial charge in [0.1, 0.15) is 0 Å². The van der Waals surface area contributed by atoms with Crippen LogP contribution in [0.3, 0.4) is 0 Å². The fourth-order valence-corrected chi connectivity index (χ4v) is 0.396. The van der Waals surface area contributed by atoms with Gasteiger partial charge in [0.2, 0.25) is 0 Å². The lowest BCUT2D eigenvalue weighted by Crippen LogP contribution is -1.91. The lowest BCUT2D eigenvalue weighted by Gasteiger charge is -1.74. The first-order chi connectivity index (χ1) is 6.63. The number of carboxylic acid groups (broad SMARTS) is 2. The van der Waals surface area contributed by atoms with E-state index in [2.05, 4.69) is 10.2 Å². The van der Waals surface area contributed by atoms with Crippen LogP contribution in [0.5, 0.6) is 0 Å². The molecule has 0 aliphatic rings. The molecule has 74 valence electrons. The van der Waals surface area contributed by atoms with E-state index in [4.69, 9.17) is 10.2 Å². The molecule has 6 heteroatoms. The molecule has 0 unspecified atom stereocenters. The Kier molecular flexibility index (Phi) is 6.23. The van der Waals surface area contributed by atoms with Crippen LogP contribution in [0.15, 0.2) is 36.7 Å². The molecule has 1 heterocycles. The van der Waals surface area contributed by atoms with E-state index < -0.39 is 11.9 Å². The monoisotopic (exact) mass is 196 g/mol. The molecule has 0 radical (unpaired) electrons. The Morgan fingerprint density at radius 3 is 1.43 bits per heavy atom. The van der Waals surface area contributed by atoms with E-state index in [1.165, 1.54) is 0 Å². The van der Waals surface area contributed by atoms with Gasteiger partial charge in [-0.3, -0.25) is 0 Å². The van der Waals surface area contributed by atoms with Crippen LogP contribution < -0.4 is 0 Å². The molecule has 0 aliphatic heterocycles. The maximum absolute atomic E-state index is 9.55. The van der Waals surface area contributed by atoms with Crippen LogP contribution in [0.2, 0.25) is 0 Å². The number of carboxylic acids is 2. The van der Waals surface area contributed by atoms with Gasteiger partial charge in [-0.15, -0.1) is 0 Å². The van der Waals surface area contributed by atoms with Crippen molar-refractivity contribution >= 4 is 11.9 Å². The highest BCUT2D eigenvalue weighted by Crippen LogP contribution is 1.70. The fraction of sp³-hybridized carbons (Fsp3) is 0. The minimum atomic E-state index is -1.26. The van der Waals surface area contributed by atoms with Crippen molar-refractivity contribution in [3.05, 3.63) is 36.7 Å². The molecule has 0 atom stereocenters. The van der Waals surface area contributed by atoms with Crippen LogP contribution >= 0.6 is 0 Å². The molecule has 1 aromatic heterocycles. The van der Waals surface area contributed by atoms with Crippen molar-refractivity contribution in [2.75, 3.05) is 0 Å². The fourth-order valence-electron chi connectivity index (χ4n) is 0.396. The zero-order chi connectivity index (χ0) is 10.8. The van der Waals surface area contributed by atoms with E-state index in [9.17, 15) is 9.59 Å². The summed E-state index contributed by atoms with van der Waals surface area (Å²) >= 11 is 0. The summed E-state index contributed by atoms with van der Waals surface area (Å²) < 4.78 is 0. The Balaban J connectivity index is 0.000000249. The Labute approximate surface area is 79.5 Å². The molecule has 1 aromatic rings. The molecule has 0 saturated heterocycles. The molecule has 0 fully saturated rings. The highest BCUT2D eigenvalue weighted by molar-refractivity contribution is 5.89. The number of nitrogens with zero attached hydrogens (tertiary/aromatic N) is 2. The molecule has 14 heavy (non-hydrogen) atoms. The first-order valence-corrected chi connectivity index (χ1v) is 3.48. The van der Waals surface area contributed by atoms with Crippen molar-refractivity contribution in [1.82, 2.24) is 10.2 Å². The van der Waals surface area contributed by atoms with E-state index in [1.54, 1.807) is 12.4 Å². The molecule has 2 N–H and O–H groups in total. The molecule has 0 aliphatic carbocycles. The molecular weight excluding hydrogens is 188 g/mol. The molecule has 0 amide bonds. The summed E-state index contributed by atoms with van der Waals surface area (Å²) in [6, 6.07) is 3.65. The van der Waals surface area contributed by atoms with Crippen molar-refractivity contribution < 1.29 is 19.8 Å². The number of carbonyl (C=O) groups is 2. The summed E-state index contributed by atoms with van der Waals surface area (Å²) in [5, 5.41) is 22.7. The van der Waals surface area contributed by atoms with Crippen LogP contribution in [-0.4, -0.2) is 32.3 Å². The summed E-state index contributed by atoms with van der Waals surface area (Å²) in [7, 11) is 0. The summed E-state index contributed by atoms with van der Waals surface area (Å²) in [5.41, 5.74) is 0. The van der Waals surface area contributed by atoms with Gasteiger partial charge in [0.15, 0.2) is 0 Å². The van der Waals surface area contributed by atoms with Gasteiger partial charge in [-0.2, -0.15) is 10.2 Å². The molecule has 0 aromatic carbocycles. The van der Waals surface area contributed by atoms with Gasteiger partial charge in [0.05, 0.1) is 0 Å². The lowest BCUT2D eigenvalue weighted by atomic mass is 10.5. The number of hydrogen-bond donors (Lipinski definition) is 2. The topological polar surface area (TPSA) is 100 Å². The highest BCUT2D eigenvalue weighted by atomic mass is 16.4. The van der Waals surface area contributed by atoms with Gasteiger partial charge >= 0.3 is 11.9 Å². The Morgan fingerprint density at radius 2 is 1.29 bits per heavy atom. The second-order valence-electron chi connectivity index (χ2n) is 1.92. The number of aromatic nitrogens is 2. The predicted octanol–water partition coefficient (Wildman–Crippen LogP) is 0.188. The van der Waals surface area contributed by atoms with Gasteiger partial charge in [0.25, 0.3) is 0 Å². The average molecular weight is 196 g/mol. The standard InChI is InChI=1S/C4H4N2.C4H4O4/c1-2-4-6-5-3-1;5-3(6)1-2-4(7)8/h1-4H;1-2H,(H,5,6)(H,7,8)/b;2-1+. The van der Waals surface area contributed by atoms with Gasteiger partial charge < -0.3 is 10.2 Å². The molecule has 1 rings (SSSR count). The second-order valence-corrected chi connectivity index (χ2v) is 1.92. The van der Waals surface area contributed by atoms with Crippen LogP contribution in [0.25, 0.3) is 0 Å². The molecule has 0 saturated carbocycles. The zero-order valence-corrected chi connectivity index (χ0v) is 7.07. The quantitative estimate of drug-likeness (QED) is 0.655. The Morgan fingerprint density at radius 1 is 0.929 bits per heavy atom. The maximum atomic E-state index is 9.55. The zero-order valence-electron chi connectivity index (χ0n) is 7.07. The molecule has 6 nitrogen and oxygen atoms in total. The maximum Gasteiger partial charge on any atom is 0.328 e. The van der Waals surface area contributed by atoms with Crippen molar-refractivity contribution in [1.29, 1.82) is 0 Å². The SMILES string of the molecule is O=C(O)/C=C/C(=O)O.c1ccnnc1. The van der Waals surface area contributed by atoms with Gasteiger partial charge in [-0.25, -0.2) is 9.59 Å². The third-order valence-corrected chi connectivity index (χ3v) is 0.852. The number of aliphatic carboxylic acids is 2. The Bertz CT molecular complexity index is 268. The second kappa shape index (κ2) is 7.41. The first kappa shape index (κ1) is 11.8. The predicted molar refractivity (Wildman–Crippen MR) is 46.4 cm³/mol. The van der Waals surface area contributed by atoms with E-state index in [0.29, 0.717) is 12.2 Å². The van der Waals surface area contributed by atoms with Gasteiger partial charge in [-0.05, 0) is 12.1 Å². The van der Waals surface area contributed by atoms with E-state index in [-0.39, 0.29) is 0 Å². The first-order valence-electron chi connectivity index (χ1n) is 3.48. The van der Waals surface area contributed by atoms with Crippen molar-refractivity contribution in [3.8, 4) is 0 Å². The van der Waals surface area contributed by atoms with E-state index in [0.717, 1.165) is 0 Å². The van der Waals surface area contributed by atoms with Crippen LogP contribution in [-0.2, 0) is 9.59 Å². The van der Waals surface area contributed by atoms with Crippen LogP contribution in [0.4, 0.5) is 0 Å². The largest absolute Gasteiger partial charge is 0.478 e. The average Bonchev–Trinajstić information content (AvgIpc) is 2.18. The summed E-state index contributed by atoms with van der Waals surface area (Å²) in [4.78, 5) is 19.1. The van der Waals surface area contributed by atoms with Crippen molar-refractivity contribution in [2.24, 2.45) is 0 Å². The van der Waals surface area contributed by atoms with Crippen LogP contribution in [0, 0.1) is 0 Å². The van der Waals surface area contributed by atoms with Crippen LogP contribution in [0.1, 0.15) is 0 Å². The summed E-state index contributed by atoms with van der Waals surface area (Å²) in [6.45, 7) is 0. The normalized spacial score (nSPS) is 8.86.